The van der Waals surface area contributed by atoms with Crippen LogP contribution in [-0.4, -0.2) is 45.2 Å². The van der Waals surface area contributed by atoms with E-state index in [4.69, 9.17) is 9.47 Å². The maximum absolute atomic E-state index is 12.1. The molecule has 2 rings (SSSR count). The van der Waals surface area contributed by atoms with Crippen molar-refractivity contribution in [2.75, 3.05) is 27.2 Å². The van der Waals surface area contributed by atoms with E-state index in [-0.39, 0.29) is 18.6 Å². The highest BCUT2D eigenvalue weighted by Gasteiger charge is 2.08. The predicted molar refractivity (Wildman–Crippen MR) is 115 cm³/mol. The van der Waals surface area contributed by atoms with E-state index in [9.17, 15) is 4.79 Å². The zero-order valence-electron chi connectivity index (χ0n) is 17.5. The molecule has 29 heavy (non-hydrogen) atoms. The zero-order chi connectivity index (χ0) is 21.1. The van der Waals surface area contributed by atoms with Gasteiger partial charge in [-0.2, -0.15) is 0 Å². The van der Waals surface area contributed by atoms with Gasteiger partial charge in [0.1, 0.15) is 17.6 Å². The molecule has 1 atom stereocenters. The number of methoxy groups -OCH3 is 1. The van der Waals surface area contributed by atoms with Gasteiger partial charge < -0.3 is 25.4 Å². The molecule has 0 bridgehead atoms. The summed E-state index contributed by atoms with van der Waals surface area (Å²) in [7, 11) is 3.29. The van der Waals surface area contributed by atoms with Crippen molar-refractivity contribution in [1.82, 2.24) is 16.0 Å². The number of carbonyl (C=O) groups is 1. The van der Waals surface area contributed by atoms with Crippen LogP contribution < -0.4 is 25.4 Å². The van der Waals surface area contributed by atoms with E-state index < -0.39 is 0 Å². The Kier molecular flexibility index (Phi) is 8.82. The molecule has 7 heteroatoms. The van der Waals surface area contributed by atoms with Gasteiger partial charge in [-0.05, 0) is 43.2 Å². The van der Waals surface area contributed by atoms with E-state index in [1.54, 1.807) is 14.2 Å². The van der Waals surface area contributed by atoms with Gasteiger partial charge in [-0.15, -0.1) is 0 Å². The summed E-state index contributed by atoms with van der Waals surface area (Å²) in [5.41, 5.74) is 2.10. The van der Waals surface area contributed by atoms with Gasteiger partial charge in [0.05, 0.1) is 20.2 Å². The molecule has 0 heterocycles. The number of amides is 1. The molecule has 0 saturated carbocycles. The van der Waals surface area contributed by atoms with Gasteiger partial charge >= 0.3 is 0 Å². The van der Waals surface area contributed by atoms with Crippen LogP contribution in [0, 0.1) is 6.92 Å². The first-order chi connectivity index (χ1) is 14.0. The number of nitrogens with one attached hydrogen (secondary N) is 3. The first kappa shape index (κ1) is 22.1. The average molecular weight is 399 g/mol. The van der Waals surface area contributed by atoms with Crippen molar-refractivity contribution in [2.45, 2.75) is 26.5 Å². The quantitative estimate of drug-likeness (QED) is 0.446. The molecule has 0 aromatic heterocycles. The van der Waals surface area contributed by atoms with Crippen molar-refractivity contribution >= 4 is 11.9 Å². The number of carbonyl (C=O) groups excluding carboxylic acids is 1. The van der Waals surface area contributed by atoms with Crippen LogP contribution in [0.2, 0.25) is 0 Å². The fourth-order valence-electron chi connectivity index (χ4n) is 2.58. The lowest BCUT2D eigenvalue weighted by Gasteiger charge is -2.18. The summed E-state index contributed by atoms with van der Waals surface area (Å²) in [6, 6.07) is 15.5. The van der Waals surface area contributed by atoms with Gasteiger partial charge in [-0.3, -0.25) is 9.79 Å². The number of rotatable bonds is 9. The number of guanidine groups is 1. The molecule has 1 amide bonds. The molecule has 0 radical (unpaired) electrons. The average Bonchev–Trinajstić information content (AvgIpc) is 2.74. The third-order valence-electron chi connectivity index (χ3n) is 4.27. The molecular weight excluding hydrogens is 368 g/mol. The summed E-state index contributed by atoms with van der Waals surface area (Å²) in [5, 5.41) is 9.05. The van der Waals surface area contributed by atoms with Crippen molar-refractivity contribution < 1.29 is 14.3 Å². The number of hydrogen-bond acceptors (Lipinski definition) is 4. The van der Waals surface area contributed by atoms with Crippen molar-refractivity contribution in [3.05, 3.63) is 59.7 Å². The van der Waals surface area contributed by atoms with E-state index in [0.29, 0.717) is 19.0 Å². The predicted octanol–water partition coefficient (Wildman–Crippen LogP) is 2.25. The van der Waals surface area contributed by atoms with Crippen LogP contribution in [0.25, 0.3) is 0 Å². The molecule has 156 valence electrons. The monoisotopic (exact) mass is 398 g/mol. The van der Waals surface area contributed by atoms with Crippen LogP contribution in [0.3, 0.4) is 0 Å². The summed E-state index contributed by atoms with van der Waals surface area (Å²) in [6.07, 6.45) is -0.0569. The number of aliphatic imine (C=N–C) groups is 1. The zero-order valence-corrected chi connectivity index (χ0v) is 17.5. The molecule has 0 aliphatic carbocycles. The number of benzene rings is 2. The van der Waals surface area contributed by atoms with Crippen LogP contribution in [0.5, 0.6) is 11.5 Å². The molecule has 0 aliphatic rings. The molecule has 0 aliphatic heterocycles. The molecule has 7 nitrogen and oxygen atoms in total. The van der Waals surface area contributed by atoms with Gasteiger partial charge in [0.15, 0.2) is 5.96 Å². The lowest BCUT2D eigenvalue weighted by atomic mass is 10.2. The van der Waals surface area contributed by atoms with Crippen LogP contribution in [0.1, 0.15) is 18.1 Å². The lowest BCUT2D eigenvalue weighted by Crippen LogP contribution is -2.45. The summed E-state index contributed by atoms with van der Waals surface area (Å²) in [5.74, 6) is 2.08. The second-order valence-corrected chi connectivity index (χ2v) is 6.63. The number of aryl methyl sites for hydroxylation is 1. The molecule has 2 aromatic rings. The topological polar surface area (TPSA) is 84.0 Å². The van der Waals surface area contributed by atoms with Gasteiger partial charge in [0, 0.05) is 13.6 Å². The Balaban J connectivity index is 1.69. The number of para-hydroxylation sites is 1. The Morgan fingerprint density at radius 3 is 2.45 bits per heavy atom. The van der Waals surface area contributed by atoms with Gasteiger partial charge in [0.25, 0.3) is 0 Å². The maximum Gasteiger partial charge on any atom is 0.239 e. The van der Waals surface area contributed by atoms with Gasteiger partial charge in [-0.1, -0.05) is 30.3 Å². The van der Waals surface area contributed by atoms with Gasteiger partial charge in [0.2, 0.25) is 5.91 Å². The van der Waals surface area contributed by atoms with E-state index in [1.807, 2.05) is 62.4 Å². The van der Waals surface area contributed by atoms with Crippen LogP contribution in [0.15, 0.2) is 53.5 Å². The highest BCUT2D eigenvalue weighted by atomic mass is 16.5. The fourth-order valence-corrected chi connectivity index (χ4v) is 2.58. The normalized spacial score (nSPS) is 12.1. The minimum Gasteiger partial charge on any atom is -0.497 e. The molecule has 0 saturated heterocycles. The van der Waals surface area contributed by atoms with Crippen molar-refractivity contribution in [3.8, 4) is 11.5 Å². The molecule has 0 spiro atoms. The van der Waals surface area contributed by atoms with Crippen LogP contribution in [-0.2, 0) is 11.3 Å². The largest absolute Gasteiger partial charge is 0.497 e. The summed E-state index contributed by atoms with van der Waals surface area (Å²) < 4.78 is 11.1. The molecule has 2 aromatic carbocycles. The highest BCUT2D eigenvalue weighted by molar-refractivity contribution is 5.86. The fraction of sp³-hybridized carbons (Fsp3) is 0.364. The summed E-state index contributed by atoms with van der Waals surface area (Å²) in [6.45, 7) is 5.14. The van der Waals surface area contributed by atoms with Crippen LogP contribution >= 0.6 is 0 Å². The number of hydrogen-bond donors (Lipinski definition) is 3. The number of nitrogens with zero attached hydrogens (tertiary/aromatic N) is 1. The standard InChI is InChI=1S/C22H30N4O3/c1-16-7-5-6-8-20(16)29-17(2)13-25-22(23-3)26-15-21(27)24-14-18-9-11-19(28-4)12-10-18/h5-12,17H,13-15H2,1-4H3,(H,24,27)(H2,23,25,26). The molecule has 3 N–H and O–H groups in total. The van der Waals surface area contributed by atoms with E-state index in [0.717, 1.165) is 22.6 Å². The Hall–Kier alpha value is -3.22. The van der Waals surface area contributed by atoms with Crippen molar-refractivity contribution in [1.29, 1.82) is 0 Å². The third kappa shape index (κ3) is 7.73. The Morgan fingerprint density at radius 2 is 1.79 bits per heavy atom. The molecule has 1 unspecified atom stereocenters. The summed E-state index contributed by atoms with van der Waals surface area (Å²) in [4.78, 5) is 16.2. The Bertz CT molecular complexity index is 806. The van der Waals surface area contributed by atoms with E-state index >= 15 is 0 Å². The maximum atomic E-state index is 12.1. The van der Waals surface area contributed by atoms with Gasteiger partial charge in [-0.25, -0.2) is 0 Å². The second kappa shape index (κ2) is 11.6. The van der Waals surface area contributed by atoms with Crippen LogP contribution in [0.4, 0.5) is 0 Å². The SMILES string of the molecule is CN=C(NCC(=O)NCc1ccc(OC)cc1)NCC(C)Oc1ccccc1C. The smallest absolute Gasteiger partial charge is 0.239 e. The first-order valence-corrected chi connectivity index (χ1v) is 9.58. The highest BCUT2D eigenvalue weighted by Crippen LogP contribution is 2.17. The van der Waals surface area contributed by atoms with Crippen molar-refractivity contribution in [3.63, 3.8) is 0 Å². The first-order valence-electron chi connectivity index (χ1n) is 9.58. The Labute approximate surface area is 172 Å². The van der Waals surface area contributed by atoms with E-state index in [2.05, 4.69) is 20.9 Å². The Morgan fingerprint density at radius 1 is 1.07 bits per heavy atom. The lowest BCUT2D eigenvalue weighted by molar-refractivity contribution is -0.120. The third-order valence-corrected chi connectivity index (χ3v) is 4.27. The minimum atomic E-state index is -0.118. The van der Waals surface area contributed by atoms with E-state index in [1.165, 1.54) is 0 Å². The van der Waals surface area contributed by atoms with Crippen molar-refractivity contribution in [2.24, 2.45) is 4.99 Å². The minimum absolute atomic E-state index is 0.0569. The molecule has 0 fully saturated rings. The number of ether oxygens (including phenoxy) is 2. The second-order valence-electron chi connectivity index (χ2n) is 6.63. The molecular formula is C22H30N4O3. The summed E-state index contributed by atoms with van der Waals surface area (Å²) >= 11 is 0.